The maximum Gasteiger partial charge on any atom is 0.267 e. The Hall–Kier alpha value is -3.52. The number of thiazole rings is 1. The van der Waals surface area contributed by atoms with Crippen LogP contribution < -0.4 is 14.4 Å². The molecule has 0 bridgehead atoms. The summed E-state index contributed by atoms with van der Waals surface area (Å²) in [5.41, 5.74) is 1.08. The second kappa shape index (κ2) is 8.87. The number of carbonyl (C=O) groups is 1. The Balaban J connectivity index is 1.58. The van der Waals surface area contributed by atoms with Crippen molar-refractivity contribution in [1.82, 2.24) is 9.97 Å². The lowest BCUT2D eigenvalue weighted by Crippen LogP contribution is -2.34. The summed E-state index contributed by atoms with van der Waals surface area (Å²) in [6, 6.07) is 15.4. The van der Waals surface area contributed by atoms with E-state index in [0.29, 0.717) is 21.3 Å². The first kappa shape index (κ1) is 19.8. The summed E-state index contributed by atoms with van der Waals surface area (Å²) >= 11 is 1.26. The zero-order valence-corrected chi connectivity index (χ0v) is 16.9. The standard InChI is InChI=1S/C22H18FN3O3S/c1-28-16-7-9-17(10-8-16)29-14-20(27)26(13-15-4-3-11-24-12-15)22-25-21-18(23)5-2-6-19(21)30-22/h2-12H,13-14H2,1H3. The number of amides is 1. The third-order valence-corrected chi connectivity index (χ3v) is 5.42. The lowest BCUT2D eigenvalue weighted by Gasteiger charge is -2.20. The van der Waals surface area contributed by atoms with Crippen molar-refractivity contribution in [1.29, 1.82) is 0 Å². The van der Waals surface area contributed by atoms with Crippen LogP contribution in [0.2, 0.25) is 0 Å². The summed E-state index contributed by atoms with van der Waals surface area (Å²) in [5, 5.41) is 0.405. The summed E-state index contributed by atoms with van der Waals surface area (Å²) in [6.45, 7) is 0.0606. The van der Waals surface area contributed by atoms with Crippen molar-refractivity contribution in [2.24, 2.45) is 0 Å². The first-order valence-electron chi connectivity index (χ1n) is 9.15. The molecule has 152 valence electrons. The quantitative estimate of drug-likeness (QED) is 0.439. The van der Waals surface area contributed by atoms with Gasteiger partial charge in [0, 0.05) is 12.4 Å². The third-order valence-electron chi connectivity index (χ3n) is 4.38. The molecule has 6 nitrogen and oxygen atoms in total. The zero-order valence-electron chi connectivity index (χ0n) is 16.1. The number of para-hydroxylation sites is 1. The molecular formula is C22H18FN3O3S. The molecule has 0 saturated heterocycles. The van der Waals surface area contributed by atoms with Gasteiger partial charge in [-0.25, -0.2) is 9.37 Å². The third kappa shape index (κ3) is 4.38. The van der Waals surface area contributed by atoms with Gasteiger partial charge in [0.25, 0.3) is 5.91 Å². The largest absolute Gasteiger partial charge is 0.497 e. The highest BCUT2D eigenvalue weighted by molar-refractivity contribution is 7.22. The monoisotopic (exact) mass is 423 g/mol. The number of aromatic nitrogens is 2. The Morgan fingerprint density at radius 1 is 1.10 bits per heavy atom. The summed E-state index contributed by atoms with van der Waals surface area (Å²) in [6.07, 6.45) is 3.34. The molecule has 2 aromatic carbocycles. The molecule has 1 amide bonds. The van der Waals surface area contributed by atoms with Gasteiger partial charge in [0.1, 0.15) is 22.8 Å². The zero-order chi connectivity index (χ0) is 20.9. The number of benzene rings is 2. The number of halogens is 1. The number of rotatable bonds is 7. The predicted octanol–water partition coefficient (Wildman–Crippen LogP) is 4.45. The average Bonchev–Trinajstić information content (AvgIpc) is 3.22. The molecule has 0 saturated carbocycles. The number of hydrogen-bond acceptors (Lipinski definition) is 6. The maximum absolute atomic E-state index is 14.1. The van der Waals surface area contributed by atoms with Crippen molar-refractivity contribution in [3.8, 4) is 11.5 Å². The van der Waals surface area contributed by atoms with E-state index in [1.807, 2.05) is 6.07 Å². The molecule has 0 N–H and O–H groups in total. The number of hydrogen-bond donors (Lipinski definition) is 0. The molecular weight excluding hydrogens is 405 g/mol. The van der Waals surface area contributed by atoms with Crippen LogP contribution in [0.4, 0.5) is 9.52 Å². The van der Waals surface area contributed by atoms with Gasteiger partial charge in [-0.3, -0.25) is 14.7 Å². The number of pyridine rings is 1. The molecule has 30 heavy (non-hydrogen) atoms. The summed E-state index contributed by atoms with van der Waals surface area (Å²) in [4.78, 5) is 23.0. The lowest BCUT2D eigenvalue weighted by molar-refractivity contribution is -0.120. The first-order chi connectivity index (χ1) is 14.6. The minimum absolute atomic E-state index is 0.189. The van der Waals surface area contributed by atoms with Crippen LogP contribution in [0.1, 0.15) is 5.56 Å². The molecule has 0 aliphatic carbocycles. The molecule has 0 aliphatic heterocycles. The highest BCUT2D eigenvalue weighted by atomic mass is 32.1. The molecule has 0 fully saturated rings. The molecule has 2 heterocycles. The summed E-state index contributed by atoms with van der Waals surface area (Å²) < 4.78 is 25.6. The maximum atomic E-state index is 14.1. The van der Waals surface area contributed by atoms with Crippen LogP contribution in [-0.4, -0.2) is 29.6 Å². The van der Waals surface area contributed by atoms with Gasteiger partial charge in [-0.2, -0.15) is 0 Å². The van der Waals surface area contributed by atoms with E-state index >= 15 is 0 Å². The number of fused-ring (bicyclic) bond motifs is 1. The molecule has 0 unspecified atom stereocenters. The van der Waals surface area contributed by atoms with Crippen molar-refractivity contribution >= 4 is 32.6 Å². The van der Waals surface area contributed by atoms with Crippen molar-refractivity contribution in [2.75, 3.05) is 18.6 Å². The van der Waals surface area contributed by atoms with E-state index in [1.165, 1.54) is 22.3 Å². The van der Waals surface area contributed by atoms with Gasteiger partial charge in [0.05, 0.1) is 18.4 Å². The molecule has 0 radical (unpaired) electrons. The van der Waals surface area contributed by atoms with Gasteiger partial charge in [-0.1, -0.05) is 23.5 Å². The number of carbonyl (C=O) groups excluding carboxylic acids is 1. The first-order valence-corrected chi connectivity index (χ1v) is 9.97. The topological polar surface area (TPSA) is 64.6 Å². The van der Waals surface area contributed by atoms with E-state index in [1.54, 1.807) is 62.0 Å². The van der Waals surface area contributed by atoms with Crippen molar-refractivity contribution in [2.45, 2.75) is 6.54 Å². The Labute approximate surface area is 176 Å². The normalized spacial score (nSPS) is 10.7. The highest BCUT2D eigenvalue weighted by Gasteiger charge is 2.22. The lowest BCUT2D eigenvalue weighted by atomic mass is 10.2. The number of anilines is 1. The van der Waals surface area contributed by atoms with Crippen LogP contribution in [0.5, 0.6) is 11.5 Å². The summed E-state index contributed by atoms with van der Waals surface area (Å²) in [7, 11) is 1.58. The smallest absolute Gasteiger partial charge is 0.267 e. The van der Waals surface area contributed by atoms with Gasteiger partial charge in [-0.15, -0.1) is 0 Å². The molecule has 0 atom stereocenters. The molecule has 0 aliphatic rings. The van der Waals surface area contributed by atoms with E-state index in [-0.39, 0.29) is 24.6 Å². The van der Waals surface area contributed by atoms with Gasteiger partial charge in [0.15, 0.2) is 11.7 Å². The number of nitrogens with zero attached hydrogens (tertiary/aromatic N) is 3. The molecule has 0 spiro atoms. The van der Waals surface area contributed by atoms with Crippen molar-refractivity contribution < 1.29 is 18.7 Å². The van der Waals surface area contributed by atoms with E-state index in [9.17, 15) is 9.18 Å². The van der Waals surface area contributed by atoms with Crippen LogP contribution in [0.25, 0.3) is 10.2 Å². The number of methoxy groups -OCH3 is 1. The fourth-order valence-corrected chi connectivity index (χ4v) is 3.85. The molecule has 4 aromatic rings. The van der Waals surface area contributed by atoms with Crippen LogP contribution in [0.3, 0.4) is 0 Å². The van der Waals surface area contributed by atoms with Gasteiger partial charge in [0.2, 0.25) is 0 Å². The predicted molar refractivity (Wildman–Crippen MR) is 113 cm³/mol. The SMILES string of the molecule is COc1ccc(OCC(=O)N(Cc2cccnc2)c2nc3c(F)cccc3s2)cc1. The fourth-order valence-electron chi connectivity index (χ4n) is 2.85. The van der Waals surface area contributed by atoms with E-state index in [4.69, 9.17) is 9.47 Å². The number of ether oxygens (including phenoxy) is 2. The van der Waals surface area contributed by atoms with Crippen LogP contribution in [-0.2, 0) is 11.3 Å². The minimum atomic E-state index is -0.418. The second-order valence-electron chi connectivity index (χ2n) is 6.39. The van der Waals surface area contributed by atoms with Gasteiger partial charge < -0.3 is 9.47 Å². The Bertz CT molecular complexity index is 1150. The van der Waals surface area contributed by atoms with Crippen LogP contribution in [0, 0.1) is 5.82 Å². The van der Waals surface area contributed by atoms with Crippen molar-refractivity contribution in [3.63, 3.8) is 0 Å². The molecule has 2 aromatic heterocycles. The summed E-state index contributed by atoms with van der Waals surface area (Å²) in [5.74, 6) is 0.525. The Morgan fingerprint density at radius 2 is 1.90 bits per heavy atom. The molecule has 4 rings (SSSR count). The molecule has 8 heteroatoms. The van der Waals surface area contributed by atoms with Gasteiger partial charge >= 0.3 is 0 Å². The van der Waals surface area contributed by atoms with Gasteiger partial charge in [-0.05, 0) is 48.0 Å². The van der Waals surface area contributed by atoms with E-state index in [0.717, 1.165) is 5.56 Å². The van der Waals surface area contributed by atoms with Crippen LogP contribution >= 0.6 is 11.3 Å². The minimum Gasteiger partial charge on any atom is -0.497 e. The second-order valence-corrected chi connectivity index (χ2v) is 7.40. The average molecular weight is 423 g/mol. The Kier molecular flexibility index (Phi) is 5.85. The fraction of sp³-hybridized carbons (Fsp3) is 0.136. The highest BCUT2D eigenvalue weighted by Crippen LogP contribution is 2.31. The van der Waals surface area contributed by atoms with Crippen molar-refractivity contribution in [3.05, 3.63) is 78.4 Å². The van der Waals surface area contributed by atoms with E-state index in [2.05, 4.69) is 9.97 Å². The van der Waals surface area contributed by atoms with E-state index < -0.39 is 5.82 Å². The van der Waals surface area contributed by atoms with Crippen LogP contribution in [0.15, 0.2) is 67.0 Å². The Morgan fingerprint density at radius 3 is 2.60 bits per heavy atom.